The molecule has 0 spiro atoms. The largest absolute Gasteiger partial charge is 0.496 e. The third kappa shape index (κ3) is 4.72. The van der Waals surface area contributed by atoms with Crippen LogP contribution >= 0.6 is 11.6 Å². The minimum absolute atomic E-state index is 0.148. The number of nitrogens with one attached hydrogen (secondary N) is 1. The van der Waals surface area contributed by atoms with E-state index in [0.29, 0.717) is 36.9 Å². The van der Waals surface area contributed by atoms with Crippen molar-refractivity contribution in [2.24, 2.45) is 0 Å². The number of aromatic nitrogens is 2. The van der Waals surface area contributed by atoms with E-state index >= 15 is 0 Å². The highest BCUT2D eigenvalue weighted by Crippen LogP contribution is 2.28. The lowest BCUT2D eigenvalue weighted by Crippen LogP contribution is -2.50. The van der Waals surface area contributed by atoms with Gasteiger partial charge in [-0.25, -0.2) is 4.79 Å². The number of para-hydroxylation sites is 1. The average Bonchev–Trinajstić information content (AvgIpc) is 2.81. The molecule has 0 unspecified atom stereocenters. The van der Waals surface area contributed by atoms with Crippen LogP contribution < -0.4 is 15.0 Å². The standard InChI is InChI=1S/C23H24ClN5O2/c1-16-7-8-18(24)20(15-16)25-23(30)29-13-11-28(12-14-29)22-10-9-19(26-27-22)17-5-3-4-6-21(17)31-2/h3-10,15H,11-14H2,1-2H3,(H,25,30). The van der Waals surface area contributed by atoms with Gasteiger partial charge >= 0.3 is 6.03 Å². The number of piperazine rings is 1. The number of methoxy groups -OCH3 is 1. The maximum Gasteiger partial charge on any atom is 0.322 e. The number of nitrogens with zero attached hydrogens (tertiary/aromatic N) is 4. The molecule has 1 aliphatic heterocycles. The van der Waals surface area contributed by atoms with Crippen molar-refractivity contribution in [2.75, 3.05) is 43.5 Å². The highest BCUT2D eigenvalue weighted by atomic mass is 35.5. The van der Waals surface area contributed by atoms with Gasteiger partial charge in [0.1, 0.15) is 5.75 Å². The lowest BCUT2D eigenvalue weighted by Gasteiger charge is -2.35. The van der Waals surface area contributed by atoms with Crippen LogP contribution in [0.2, 0.25) is 5.02 Å². The van der Waals surface area contributed by atoms with Gasteiger partial charge in [-0.05, 0) is 48.9 Å². The lowest BCUT2D eigenvalue weighted by atomic mass is 10.1. The summed E-state index contributed by atoms with van der Waals surface area (Å²) in [5.41, 5.74) is 3.33. The summed E-state index contributed by atoms with van der Waals surface area (Å²) in [6.45, 7) is 4.50. The molecule has 0 saturated carbocycles. The zero-order valence-electron chi connectivity index (χ0n) is 17.5. The Balaban J connectivity index is 1.37. The number of carbonyl (C=O) groups is 1. The molecular formula is C23H24ClN5O2. The highest BCUT2D eigenvalue weighted by molar-refractivity contribution is 6.33. The van der Waals surface area contributed by atoms with Crippen LogP contribution in [0.15, 0.2) is 54.6 Å². The first-order chi connectivity index (χ1) is 15.0. The third-order valence-corrected chi connectivity index (χ3v) is 5.62. The SMILES string of the molecule is COc1ccccc1-c1ccc(N2CCN(C(=O)Nc3cc(C)ccc3Cl)CC2)nn1. The fourth-order valence-corrected chi connectivity index (χ4v) is 3.73. The van der Waals surface area contributed by atoms with E-state index in [1.807, 2.05) is 55.5 Å². The minimum atomic E-state index is -0.148. The second-order valence-corrected chi connectivity index (χ2v) is 7.77. The van der Waals surface area contributed by atoms with Gasteiger partial charge in [-0.15, -0.1) is 10.2 Å². The Kier molecular flexibility index (Phi) is 6.23. The van der Waals surface area contributed by atoms with E-state index in [0.717, 1.165) is 28.4 Å². The molecule has 4 rings (SSSR count). The molecule has 0 radical (unpaired) electrons. The maximum absolute atomic E-state index is 12.6. The molecule has 1 aromatic heterocycles. The first-order valence-corrected chi connectivity index (χ1v) is 10.5. The topological polar surface area (TPSA) is 70.6 Å². The molecule has 0 atom stereocenters. The predicted octanol–water partition coefficient (Wildman–Crippen LogP) is 4.47. The number of aryl methyl sites for hydroxylation is 1. The Morgan fingerprint density at radius 2 is 1.81 bits per heavy atom. The Hall–Kier alpha value is -3.32. The van der Waals surface area contributed by atoms with Crippen LogP contribution in [-0.4, -0.2) is 54.4 Å². The van der Waals surface area contributed by atoms with Crippen LogP contribution in [0.25, 0.3) is 11.3 Å². The van der Waals surface area contributed by atoms with Crippen LogP contribution in [-0.2, 0) is 0 Å². The Morgan fingerprint density at radius 1 is 1.03 bits per heavy atom. The summed E-state index contributed by atoms with van der Waals surface area (Å²) in [6, 6.07) is 17.1. The van der Waals surface area contributed by atoms with Crippen molar-refractivity contribution in [1.82, 2.24) is 15.1 Å². The number of halogens is 1. The van der Waals surface area contributed by atoms with Gasteiger partial charge in [0.2, 0.25) is 0 Å². The number of ether oxygens (including phenoxy) is 1. The summed E-state index contributed by atoms with van der Waals surface area (Å²) in [5, 5.41) is 12.2. The van der Waals surface area contributed by atoms with E-state index in [9.17, 15) is 4.79 Å². The van der Waals surface area contributed by atoms with Crippen molar-refractivity contribution in [1.29, 1.82) is 0 Å². The van der Waals surface area contributed by atoms with Crippen molar-refractivity contribution >= 4 is 29.1 Å². The number of carbonyl (C=O) groups excluding carboxylic acids is 1. The number of amides is 2. The number of hydrogen-bond acceptors (Lipinski definition) is 5. The Morgan fingerprint density at radius 3 is 2.52 bits per heavy atom. The lowest BCUT2D eigenvalue weighted by molar-refractivity contribution is 0.208. The molecule has 7 nitrogen and oxygen atoms in total. The maximum atomic E-state index is 12.6. The molecule has 2 amide bonds. The van der Waals surface area contributed by atoms with E-state index in [4.69, 9.17) is 16.3 Å². The molecular weight excluding hydrogens is 414 g/mol. The summed E-state index contributed by atoms with van der Waals surface area (Å²) in [6.07, 6.45) is 0. The first-order valence-electron chi connectivity index (χ1n) is 10.1. The molecule has 1 fully saturated rings. The van der Waals surface area contributed by atoms with Gasteiger partial charge in [0.05, 0.1) is 23.5 Å². The van der Waals surface area contributed by atoms with Crippen LogP contribution in [0.1, 0.15) is 5.56 Å². The van der Waals surface area contributed by atoms with E-state index in [1.54, 1.807) is 18.1 Å². The quantitative estimate of drug-likeness (QED) is 0.652. The van der Waals surface area contributed by atoms with Gasteiger partial charge in [0, 0.05) is 31.7 Å². The van der Waals surface area contributed by atoms with Crippen molar-refractivity contribution in [3.05, 3.63) is 65.2 Å². The molecule has 1 aliphatic rings. The van der Waals surface area contributed by atoms with Gasteiger partial charge in [-0.3, -0.25) is 0 Å². The molecule has 160 valence electrons. The van der Waals surface area contributed by atoms with Crippen molar-refractivity contribution < 1.29 is 9.53 Å². The number of urea groups is 1. The molecule has 8 heteroatoms. The fraction of sp³-hybridized carbons (Fsp3) is 0.261. The number of hydrogen-bond donors (Lipinski definition) is 1. The van der Waals surface area contributed by atoms with Crippen molar-refractivity contribution in [2.45, 2.75) is 6.92 Å². The average molecular weight is 438 g/mol. The highest BCUT2D eigenvalue weighted by Gasteiger charge is 2.23. The molecule has 0 bridgehead atoms. The number of benzene rings is 2. The molecule has 3 aromatic rings. The van der Waals surface area contributed by atoms with Crippen molar-refractivity contribution in [3.63, 3.8) is 0 Å². The van der Waals surface area contributed by atoms with Gasteiger partial charge in [0.25, 0.3) is 0 Å². The van der Waals surface area contributed by atoms with Gasteiger partial charge in [-0.2, -0.15) is 0 Å². The summed E-state index contributed by atoms with van der Waals surface area (Å²) >= 11 is 6.19. The second kappa shape index (κ2) is 9.22. The van der Waals surface area contributed by atoms with E-state index in [2.05, 4.69) is 20.4 Å². The molecule has 2 aromatic carbocycles. The minimum Gasteiger partial charge on any atom is -0.496 e. The summed E-state index contributed by atoms with van der Waals surface area (Å²) in [4.78, 5) is 16.5. The van der Waals surface area contributed by atoms with E-state index < -0.39 is 0 Å². The molecule has 1 saturated heterocycles. The molecule has 31 heavy (non-hydrogen) atoms. The number of rotatable bonds is 4. The Labute approximate surface area is 186 Å². The monoisotopic (exact) mass is 437 g/mol. The summed E-state index contributed by atoms with van der Waals surface area (Å²) in [7, 11) is 1.64. The number of anilines is 2. The molecule has 0 aliphatic carbocycles. The molecule has 1 N–H and O–H groups in total. The fourth-order valence-electron chi connectivity index (χ4n) is 3.56. The molecule has 2 heterocycles. The zero-order valence-corrected chi connectivity index (χ0v) is 18.3. The predicted molar refractivity (Wildman–Crippen MR) is 123 cm³/mol. The first kappa shape index (κ1) is 20.9. The van der Waals surface area contributed by atoms with Crippen LogP contribution in [0.5, 0.6) is 5.75 Å². The third-order valence-electron chi connectivity index (χ3n) is 5.29. The second-order valence-electron chi connectivity index (χ2n) is 7.36. The van der Waals surface area contributed by atoms with E-state index in [-0.39, 0.29) is 6.03 Å². The van der Waals surface area contributed by atoms with Gasteiger partial charge in [0.15, 0.2) is 5.82 Å². The van der Waals surface area contributed by atoms with Crippen molar-refractivity contribution in [3.8, 4) is 17.0 Å². The van der Waals surface area contributed by atoms with Crippen LogP contribution in [0, 0.1) is 6.92 Å². The normalized spacial score (nSPS) is 13.8. The van der Waals surface area contributed by atoms with Crippen LogP contribution in [0.4, 0.5) is 16.3 Å². The van der Waals surface area contributed by atoms with E-state index in [1.165, 1.54) is 0 Å². The van der Waals surface area contributed by atoms with Gasteiger partial charge < -0.3 is 19.9 Å². The summed E-state index contributed by atoms with van der Waals surface area (Å²) < 4.78 is 5.41. The summed E-state index contributed by atoms with van der Waals surface area (Å²) in [5.74, 6) is 1.55. The smallest absolute Gasteiger partial charge is 0.322 e. The van der Waals surface area contributed by atoms with Crippen LogP contribution in [0.3, 0.4) is 0 Å². The zero-order chi connectivity index (χ0) is 21.8. The Bertz CT molecular complexity index is 1070. The van der Waals surface area contributed by atoms with Gasteiger partial charge in [-0.1, -0.05) is 29.8 Å².